The van der Waals surface area contributed by atoms with E-state index in [1.54, 1.807) is 0 Å². The van der Waals surface area contributed by atoms with E-state index >= 15 is 0 Å². The third-order valence-electron chi connectivity index (χ3n) is 2.44. The standard InChI is InChI=1S/C8H6ClN6O3P/c9-4-1-2-6-10-3-5(7-11-13-14-12-7)15(6)8(4)19(16,17)18/h1-3H,(H2,16,17,18)(H,11,12,13,14). The van der Waals surface area contributed by atoms with Crippen molar-refractivity contribution in [3.05, 3.63) is 23.4 Å². The highest BCUT2D eigenvalue weighted by molar-refractivity contribution is 7.60. The van der Waals surface area contributed by atoms with Crippen LogP contribution in [0.15, 0.2) is 18.3 Å². The smallest absolute Gasteiger partial charge is 0.320 e. The molecule has 0 unspecified atom stereocenters. The molecular formula is C8H6ClN6O3P. The Morgan fingerprint density at radius 2 is 2.16 bits per heavy atom. The van der Waals surface area contributed by atoms with Crippen LogP contribution in [0.2, 0.25) is 5.02 Å². The van der Waals surface area contributed by atoms with Crippen LogP contribution >= 0.6 is 19.2 Å². The number of tetrazole rings is 1. The number of pyridine rings is 1. The van der Waals surface area contributed by atoms with E-state index in [2.05, 4.69) is 25.6 Å². The van der Waals surface area contributed by atoms with E-state index < -0.39 is 7.60 Å². The molecule has 9 nitrogen and oxygen atoms in total. The van der Waals surface area contributed by atoms with E-state index in [0.29, 0.717) is 5.65 Å². The maximum Gasteiger partial charge on any atom is 0.374 e. The van der Waals surface area contributed by atoms with E-state index in [1.807, 2.05) is 0 Å². The number of aromatic nitrogens is 6. The number of hydrogen-bond acceptors (Lipinski definition) is 5. The molecule has 0 bridgehead atoms. The van der Waals surface area contributed by atoms with Gasteiger partial charge in [0.25, 0.3) is 0 Å². The first-order valence-electron chi connectivity index (χ1n) is 4.94. The number of H-pyrrole nitrogens is 1. The molecule has 0 radical (unpaired) electrons. The highest BCUT2D eigenvalue weighted by Crippen LogP contribution is 2.37. The fourth-order valence-corrected chi connectivity index (χ4v) is 3.03. The molecule has 0 fully saturated rings. The number of halogens is 1. The molecule has 3 N–H and O–H groups in total. The molecule has 0 amide bonds. The van der Waals surface area contributed by atoms with Crippen LogP contribution in [0.25, 0.3) is 17.2 Å². The maximum atomic E-state index is 11.6. The first-order valence-corrected chi connectivity index (χ1v) is 6.93. The number of hydrogen-bond donors (Lipinski definition) is 3. The summed E-state index contributed by atoms with van der Waals surface area (Å²) in [4.78, 5) is 22.9. The summed E-state index contributed by atoms with van der Waals surface area (Å²) in [5, 5.41) is 13.1. The molecule has 0 aliphatic heterocycles. The molecule has 0 aliphatic carbocycles. The molecule has 19 heavy (non-hydrogen) atoms. The fraction of sp³-hybridized carbons (Fsp3) is 0. The SMILES string of the molecule is O=P(O)(O)c1c(Cl)ccc2ncc(-c3nn[nH]n3)n12. The van der Waals surface area contributed by atoms with Crippen LogP contribution in [0.4, 0.5) is 0 Å². The van der Waals surface area contributed by atoms with Gasteiger partial charge in [-0.3, -0.25) is 8.97 Å². The Labute approximate surface area is 110 Å². The lowest BCUT2D eigenvalue weighted by Crippen LogP contribution is -2.17. The highest BCUT2D eigenvalue weighted by Gasteiger charge is 2.27. The first kappa shape index (κ1) is 12.2. The minimum atomic E-state index is -4.59. The van der Waals surface area contributed by atoms with E-state index in [1.165, 1.54) is 22.7 Å². The molecule has 3 aromatic rings. The summed E-state index contributed by atoms with van der Waals surface area (Å²) < 4.78 is 12.8. The molecule has 3 aromatic heterocycles. The second-order valence-electron chi connectivity index (χ2n) is 3.62. The van der Waals surface area contributed by atoms with Crippen LogP contribution in [-0.2, 0) is 4.57 Å². The van der Waals surface area contributed by atoms with Crippen molar-refractivity contribution in [3.63, 3.8) is 0 Å². The molecule has 0 saturated carbocycles. The molecule has 3 rings (SSSR count). The lowest BCUT2D eigenvalue weighted by Gasteiger charge is -2.10. The quantitative estimate of drug-likeness (QED) is 0.567. The first-order chi connectivity index (χ1) is 8.98. The predicted molar refractivity (Wildman–Crippen MR) is 65.1 cm³/mol. The summed E-state index contributed by atoms with van der Waals surface area (Å²) in [5.74, 6) is 0.157. The molecule has 0 saturated heterocycles. The van der Waals surface area contributed by atoms with Gasteiger partial charge < -0.3 is 9.79 Å². The van der Waals surface area contributed by atoms with Crippen LogP contribution in [0.3, 0.4) is 0 Å². The Bertz CT molecular complexity index is 794. The zero-order valence-corrected chi connectivity index (χ0v) is 10.7. The van der Waals surface area contributed by atoms with Gasteiger partial charge in [0.15, 0.2) is 5.44 Å². The summed E-state index contributed by atoms with van der Waals surface area (Å²) >= 11 is 5.87. The third kappa shape index (κ3) is 1.92. The average molecular weight is 301 g/mol. The zero-order valence-electron chi connectivity index (χ0n) is 9.10. The summed E-state index contributed by atoms with van der Waals surface area (Å²) in [6.07, 6.45) is 1.38. The Balaban J connectivity index is 2.44. The number of aromatic amines is 1. The number of fused-ring (bicyclic) bond motifs is 1. The van der Waals surface area contributed by atoms with Crippen molar-refractivity contribution in [1.82, 2.24) is 30.0 Å². The van der Waals surface area contributed by atoms with Crippen molar-refractivity contribution in [1.29, 1.82) is 0 Å². The van der Waals surface area contributed by atoms with Gasteiger partial charge in [-0.2, -0.15) is 5.21 Å². The predicted octanol–water partition coefficient (Wildman–Crippen LogP) is -0.0292. The number of nitrogens with zero attached hydrogens (tertiary/aromatic N) is 5. The molecular weight excluding hydrogens is 295 g/mol. The van der Waals surface area contributed by atoms with Gasteiger partial charge >= 0.3 is 7.60 Å². The molecule has 0 spiro atoms. The molecule has 98 valence electrons. The zero-order chi connectivity index (χ0) is 13.6. The largest absolute Gasteiger partial charge is 0.374 e. The molecule has 3 heterocycles. The van der Waals surface area contributed by atoms with E-state index in [-0.39, 0.29) is 22.0 Å². The van der Waals surface area contributed by atoms with Gasteiger partial charge in [-0.25, -0.2) is 4.98 Å². The monoisotopic (exact) mass is 300 g/mol. The van der Waals surface area contributed by atoms with Crippen LogP contribution in [0, 0.1) is 0 Å². The summed E-state index contributed by atoms with van der Waals surface area (Å²) in [7, 11) is -4.59. The van der Waals surface area contributed by atoms with Gasteiger partial charge in [-0.05, 0) is 17.3 Å². The molecule has 0 aliphatic rings. The summed E-state index contributed by atoms with van der Waals surface area (Å²) in [5.41, 5.74) is 0.246. The van der Waals surface area contributed by atoms with Crippen LogP contribution in [0.1, 0.15) is 0 Å². The van der Waals surface area contributed by atoms with Crippen molar-refractivity contribution in [2.75, 3.05) is 0 Å². The number of nitrogens with one attached hydrogen (secondary N) is 1. The number of imidazole rings is 1. The molecule has 0 atom stereocenters. The van der Waals surface area contributed by atoms with Gasteiger partial charge in [-0.1, -0.05) is 11.6 Å². The Hall–Kier alpha value is -1.80. The summed E-state index contributed by atoms with van der Waals surface area (Å²) in [6.45, 7) is 0. The van der Waals surface area contributed by atoms with E-state index in [0.717, 1.165) is 0 Å². The van der Waals surface area contributed by atoms with Crippen molar-refractivity contribution >= 4 is 30.3 Å². The van der Waals surface area contributed by atoms with Crippen molar-refractivity contribution in [2.45, 2.75) is 0 Å². The van der Waals surface area contributed by atoms with E-state index in [4.69, 9.17) is 11.6 Å². The maximum absolute atomic E-state index is 11.6. The fourth-order valence-electron chi connectivity index (χ4n) is 1.73. The Morgan fingerprint density at radius 3 is 2.79 bits per heavy atom. The minimum Gasteiger partial charge on any atom is -0.320 e. The van der Waals surface area contributed by atoms with Crippen LogP contribution in [0.5, 0.6) is 0 Å². The average Bonchev–Trinajstić information content (AvgIpc) is 2.93. The van der Waals surface area contributed by atoms with Gasteiger partial charge in [-0.15, -0.1) is 10.2 Å². The van der Waals surface area contributed by atoms with E-state index in [9.17, 15) is 14.4 Å². The highest BCUT2D eigenvalue weighted by atomic mass is 35.5. The van der Waals surface area contributed by atoms with Gasteiger partial charge in [0, 0.05) is 0 Å². The van der Waals surface area contributed by atoms with Crippen molar-refractivity contribution < 1.29 is 14.4 Å². The van der Waals surface area contributed by atoms with Gasteiger partial charge in [0.05, 0.1) is 11.2 Å². The van der Waals surface area contributed by atoms with Crippen LogP contribution in [-0.4, -0.2) is 39.8 Å². The Kier molecular flexibility index (Phi) is 2.64. The minimum absolute atomic E-state index is 0.0661. The third-order valence-corrected chi connectivity index (χ3v) is 3.87. The second kappa shape index (κ2) is 4.10. The van der Waals surface area contributed by atoms with Gasteiger partial charge in [0.1, 0.15) is 11.3 Å². The topological polar surface area (TPSA) is 129 Å². The molecule has 11 heteroatoms. The van der Waals surface area contributed by atoms with Crippen molar-refractivity contribution in [3.8, 4) is 11.5 Å². The number of rotatable bonds is 2. The van der Waals surface area contributed by atoms with Gasteiger partial charge in [0.2, 0.25) is 5.82 Å². The normalized spacial score (nSPS) is 12.2. The molecule has 0 aromatic carbocycles. The van der Waals surface area contributed by atoms with Crippen LogP contribution < -0.4 is 5.44 Å². The second-order valence-corrected chi connectivity index (χ2v) is 5.54. The summed E-state index contributed by atoms with van der Waals surface area (Å²) in [6, 6.07) is 2.91. The lowest BCUT2D eigenvalue weighted by atomic mass is 10.4. The Morgan fingerprint density at radius 1 is 1.37 bits per heavy atom. The lowest BCUT2D eigenvalue weighted by molar-refractivity contribution is 0.386. The van der Waals surface area contributed by atoms with Crippen molar-refractivity contribution in [2.24, 2.45) is 0 Å².